The fourth-order valence-corrected chi connectivity index (χ4v) is 1.49. The molecule has 0 aromatic rings. The quantitative estimate of drug-likeness (QED) is 0.676. The summed E-state index contributed by atoms with van der Waals surface area (Å²) in [6.45, 7) is 9.84. The molecular formula is C10H24N2. The molecule has 0 amide bonds. The first-order valence-corrected chi connectivity index (χ1v) is 4.83. The van der Waals surface area contributed by atoms with E-state index in [0.29, 0.717) is 5.92 Å². The highest BCUT2D eigenvalue weighted by Gasteiger charge is 2.26. The summed E-state index contributed by atoms with van der Waals surface area (Å²) in [5, 5.41) is 3.19. The Morgan fingerprint density at radius 3 is 2.08 bits per heavy atom. The lowest BCUT2D eigenvalue weighted by Crippen LogP contribution is -2.44. The summed E-state index contributed by atoms with van der Waals surface area (Å²) in [5.74, 6) is 0.593. The zero-order valence-electron chi connectivity index (χ0n) is 9.15. The fraction of sp³-hybridized carbons (Fsp3) is 1.00. The predicted molar refractivity (Wildman–Crippen MR) is 55.1 cm³/mol. The van der Waals surface area contributed by atoms with Gasteiger partial charge < -0.3 is 11.1 Å². The summed E-state index contributed by atoms with van der Waals surface area (Å²) in [6.07, 6.45) is 1.15. The molecule has 0 fully saturated rings. The molecular weight excluding hydrogens is 148 g/mol. The molecule has 0 aliphatic carbocycles. The monoisotopic (exact) mass is 172 g/mol. The first-order chi connectivity index (χ1) is 5.43. The summed E-state index contributed by atoms with van der Waals surface area (Å²) in [7, 11) is 1.98. The highest BCUT2D eigenvalue weighted by atomic mass is 14.8. The van der Waals surface area contributed by atoms with Gasteiger partial charge in [-0.05, 0) is 24.9 Å². The number of nitrogens with one attached hydrogen (secondary N) is 1. The van der Waals surface area contributed by atoms with E-state index in [-0.39, 0.29) is 11.5 Å². The molecule has 0 rings (SSSR count). The summed E-state index contributed by atoms with van der Waals surface area (Å²) < 4.78 is 0. The van der Waals surface area contributed by atoms with Crippen LogP contribution in [0.3, 0.4) is 0 Å². The van der Waals surface area contributed by atoms with Crippen LogP contribution in [0, 0.1) is 11.3 Å². The zero-order valence-corrected chi connectivity index (χ0v) is 9.15. The molecule has 12 heavy (non-hydrogen) atoms. The third-order valence-electron chi connectivity index (χ3n) is 2.50. The second-order valence-electron chi connectivity index (χ2n) is 4.62. The van der Waals surface area contributed by atoms with Crippen LogP contribution in [0.25, 0.3) is 0 Å². The molecule has 2 nitrogen and oxygen atoms in total. The second kappa shape index (κ2) is 4.83. The van der Waals surface area contributed by atoms with E-state index in [1.807, 2.05) is 7.05 Å². The van der Waals surface area contributed by atoms with Crippen LogP contribution in [-0.2, 0) is 0 Å². The Balaban J connectivity index is 4.11. The molecule has 0 aromatic carbocycles. The van der Waals surface area contributed by atoms with Crippen LogP contribution in [0.15, 0.2) is 0 Å². The van der Waals surface area contributed by atoms with Gasteiger partial charge in [0.15, 0.2) is 0 Å². The Hall–Kier alpha value is -0.0800. The van der Waals surface area contributed by atoms with E-state index in [0.717, 1.165) is 13.0 Å². The lowest BCUT2D eigenvalue weighted by Gasteiger charge is -2.33. The normalized spacial score (nSPS) is 17.5. The fourth-order valence-electron chi connectivity index (χ4n) is 1.49. The molecule has 0 bridgehead atoms. The standard InChI is InChI=1S/C10H24N2/c1-6-8(7-12-5)9(11)10(2,3)4/h8-9,12H,6-7,11H2,1-5H3. The predicted octanol–water partition coefficient (Wildman–Crippen LogP) is 1.61. The van der Waals surface area contributed by atoms with Crippen molar-refractivity contribution in [2.75, 3.05) is 13.6 Å². The van der Waals surface area contributed by atoms with Gasteiger partial charge in [0.1, 0.15) is 0 Å². The molecule has 2 unspecified atom stereocenters. The number of rotatable bonds is 4. The molecule has 0 saturated carbocycles. The third kappa shape index (κ3) is 3.55. The Labute approximate surface area is 76.9 Å². The van der Waals surface area contributed by atoms with Crippen molar-refractivity contribution in [3.63, 3.8) is 0 Å². The summed E-state index contributed by atoms with van der Waals surface area (Å²) >= 11 is 0. The smallest absolute Gasteiger partial charge is 0.0128 e. The maximum atomic E-state index is 6.15. The van der Waals surface area contributed by atoms with Gasteiger partial charge in [0.05, 0.1) is 0 Å². The van der Waals surface area contributed by atoms with Gasteiger partial charge >= 0.3 is 0 Å². The maximum absolute atomic E-state index is 6.15. The summed E-state index contributed by atoms with van der Waals surface area (Å²) in [4.78, 5) is 0. The van der Waals surface area contributed by atoms with Crippen molar-refractivity contribution in [3.8, 4) is 0 Å². The molecule has 0 radical (unpaired) electrons. The second-order valence-corrected chi connectivity index (χ2v) is 4.62. The minimum absolute atomic E-state index is 0.220. The molecule has 3 N–H and O–H groups in total. The Morgan fingerprint density at radius 1 is 1.33 bits per heavy atom. The molecule has 74 valence electrons. The summed E-state index contributed by atoms with van der Waals surface area (Å²) in [6, 6.07) is 0.287. The van der Waals surface area contributed by atoms with Gasteiger partial charge in [0.25, 0.3) is 0 Å². The molecule has 0 saturated heterocycles. The Bertz CT molecular complexity index is 115. The molecule has 0 heterocycles. The van der Waals surface area contributed by atoms with Crippen LogP contribution in [0.1, 0.15) is 34.1 Å². The SMILES string of the molecule is CCC(CNC)C(N)C(C)(C)C. The lowest BCUT2D eigenvalue weighted by molar-refractivity contribution is 0.229. The minimum Gasteiger partial charge on any atom is -0.327 e. The van der Waals surface area contributed by atoms with Crippen molar-refractivity contribution in [2.45, 2.75) is 40.2 Å². The van der Waals surface area contributed by atoms with Gasteiger partial charge in [0, 0.05) is 6.04 Å². The van der Waals surface area contributed by atoms with E-state index in [1.165, 1.54) is 0 Å². The van der Waals surface area contributed by atoms with Gasteiger partial charge in [0.2, 0.25) is 0 Å². The Kier molecular flexibility index (Phi) is 4.80. The van der Waals surface area contributed by atoms with Crippen LogP contribution >= 0.6 is 0 Å². The molecule has 2 heteroatoms. The zero-order chi connectivity index (χ0) is 9.78. The van der Waals surface area contributed by atoms with Crippen molar-refractivity contribution in [3.05, 3.63) is 0 Å². The van der Waals surface area contributed by atoms with Gasteiger partial charge in [-0.25, -0.2) is 0 Å². The number of nitrogens with two attached hydrogens (primary N) is 1. The van der Waals surface area contributed by atoms with E-state index in [9.17, 15) is 0 Å². The highest BCUT2D eigenvalue weighted by molar-refractivity contribution is 4.83. The van der Waals surface area contributed by atoms with E-state index < -0.39 is 0 Å². The van der Waals surface area contributed by atoms with E-state index in [1.54, 1.807) is 0 Å². The van der Waals surface area contributed by atoms with E-state index in [2.05, 4.69) is 33.0 Å². The largest absolute Gasteiger partial charge is 0.327 e. The molecule has 0 aromatic heterocycles. The first-order valence-electron chi connectivity index (χ1n) is 4.83. The van der Waals surface area contributed by atoms with E-state index >= 15 is 0 Å². The van der Waals surface area contributed by atoms with Crippen LogP contribution in [0.5, 0.6) is 0 Å². The van der Waals surface area contributed by atoms with Crippen molar-refractivity contribution < 1.29 is 0 Å². The van der Waals surface area contributed by atoms with Crippen LogP contribution < -0.4 is 11.1 Å². The van der Waals surface area contributed by atoms with Gasteiger partial charge in [-0.3, -0.25) is 0 Å². The molecule has 0 spiro atoms. The van der Waals surface area contributed by atoms with Gasteiger partial charge in [-0.15, -0.1) is 0 Å². The van der Waals surface area contributed by atoms with Crippen molar-refractivity contribution in [1.82, 2.24) is 5.32 Å². The minimum atomic E-state index is 0.220. The highest BCUT2D eigenvalue weighted by Crippen LogP contribution is 2.24. The third-order valence-corrected chi connectivity index (χ3v) is 2.50. The van der Waals surface area contributed by atoms with Gasteiger partial charge in [-0.2, -0.15) is 0 Å². The van der Waals surface area contributed by atoms with E-state index in [4.69, 9.17) is 5.73 Å². The van der Waals surface area contributed by atoms with Gasteiger partial charge in [-0.1, -0.05) is 34.1 Å². The van der Waals surface area contributed by atoms with Crippen LogP contribution in [0.4, 0.5) is 0 Å². The van der Waals surface area contributed by atoms with Crippen LogP contribution in [-0.4, -0.2) is 19.6 Å². The van der Waals surface area contributed by atoms with Crippen molar-refractivity contribution in [2.24, 2.45) is 17.1 Å². The molecule has 2 atom stereocenters. The van der Waals surface area contributed by atoms with Crippen LogP contribution in [0.2, 0.25) is 0 Å². The number of hydrogen-bond acceptors (Lipinski definition) is 2. The molecule has 0 aliphatic rings. The average molecular weight is 172 g/mol. The summed E-state index contributed by atoms with van der Waals surface area (Å²) in [5.41, 5.74) is 6.37. The average Bonchev–Trinajstić information content (AvgIpc) is 1.97. The van der Waals surface area contributed by atoms with Crippen molar-refractivity contribution >= 4 is 0 Å². The molecule has 0 aliphatic heterocycles. The van der Waals surface area contributed by atoms with Crippen molar-refractivity contribution in [1.29, 1.82) is 0 Å². The maximum Gasteiger partial charge on any atom is 0.0128 e. The topological polar surface area (TPSA) is 38.0 Å². The lowest BCUT2D eigenvalue weighted by atomic mass is 9.78. The number of hydrogen-bond donors (Lipinski definition) is 2. The Morgan fingerprint density at radius 2 is 1.83 bits per heavy atom. The first kappa shape index (κ1) is 11.9.